The Morgan fingerprint density at radius 2 is 2.11 bits per heavy atom. The summed E-state index contributed by atoms with van der Waals surface area (Å²) in [6, 6.07) is 1.55. The smallest absolute Gasteiger partial charge is 0.244 e. The standard InChI is InChI=1S/C11H18BrN3O2S/c1-3-5-6-15-18(16,17)10-7-9(12)8-14-11(10)13-4-2/h7-8,15H,3-6H2,1-2H3,(H,13,14). The first-order valence-electron chi connectivity index (χ1n) is 5.90. The molecule has 0 unspecified atom stereocenters. The van der Waals surface area contributed by atoms with Gasteiger partial charge in [-0.1, -0.05) is 13.3 Å². The molecule has 102 valence electrons. The lowest BCUT2D eigenvalue weighted by atomic mass is 10.3. The highest BCUT2D eigenvalue weighted by Gasteiger charge is 2.19. The fourth-order valence-corrected chi connectivity index (χ4v) is 3.10. The summed E-state index contributed by atoms with van der Waals surface area (Å²) in [4.78, 5) is 4.26. The van der Waals surface area contributed by atoms with Crippen LogP contribution in [0.3, 0.4) is 0 Å². The summed E-state index contributed by atoms with van der Waals surface area (Å²) in [5.74, 6) is 0.379. The van der Waals surface area contributed by atoms with E-state index < -0.39 is 10.0 Å². The number of rotatable bonds is 7. The largest absolute Gasteiger partial charge is 0.369 e. The van der Waals surface area contributed by atoms with Crippen molar-refractivity contribution >= 4 is 31.8 Å². The normalized spacial score (nSPS) is 11.5. The SMILES string of the molecule is CCCCNS(=O)(=O)c1cc(Br)cnc1NCC. The minimum absolute atomic E-state index is 0.176. The van der Waals surface area contributed by atoms with Crippen LogP contribution in [0.2, 0.25) is 0 Å². The average Bonchev–Trinajstić information content (AvgIpc) is 2.32. The monoisotopic (exact) mass is 335 g/mol. The Kier molecular flexibility index (Phi) is 6.04. The molecule has 0 spiro atoms. The van der Waals surface area contributed by atoms with Gasteiger partial charge in [0, 0.05) is 23.8 Å². The van der Waals surface area contributed by atoms with Gasteiger partial charge in [0.05, 0.1) is 0 Å². The number of hydrogen-bond acceptors (Lipinski definition) is 4. The third kappa shape index (κ3) is 4.22. The molecular weight excluding hydrogens is 318 g/mol. The molecule has 0 atom stereocenters. The highest BCUT2D eigenvalue weighted by molar-refractivity contribution is 9.10. The van der Waals surface area contributed by atoms with E-state index in [4.69, 9.17) is 0 Å². The van der Waals surface area contributed by atoms with Crippen molar-refractivity contribution in [3.8, 4) is 0 Å². The number of anilines is 1. The van der Waals surface area contributed by atoms with Crippen molar-refractivity contribution in [3.63, 3.8) is 0 Å². The number of sulfonamides is 1. The first kappa shape index (κ1) is 15.4. The van der Waals surface area contributed by atoms with E-state index in [0.29, 0.717) is 23.4 Å². The van der Waals surface area contributed by atoms with Crippen LogP contribution in [-0.4, -0.2) is 26.5 Å². The lowest BCUT2D eigenvalue weighted by Crippen LogP contribution is -2.26. The van der Waals surface area contributed by atoms with E-state index >= 15 is 0 Å². The molecule has 0 bridgehead atoms. The maximum atomic E-state index is 12.1. The summed E-state index contributed by atoms with van der Waals surface area (Å²) in [5.41, 5.74) is 0. The molecule has 1 aromatic rings. The molecule has 1 aromatic heterocycles. The zero-order valence-corrected chi connectivity index (χ0v) is 12.9. The summed E-state index contributed by atoms with van der Waals surface area (Å²) in [5, 5.41) is 2.95. The van der Waals surface area contributed by atoms with Gasteiger partial charge in [-0.3, -0.25) is 0 Å². The molecular formula is C11H18BrN3O2S. The fraction of sp³-hybridized carbons (Fsp3) is 0.545. The topological polar surface area (TPSA) is 71.1 Å². The second-order valence-corrected chi connectivity index (χ2v) is 6.43. The highest BCUT2D eigenvalue weighted by Crippen LogP contribution is 2.22. The van der Waals surface area contributed by atoms with Crippen LogP contribution < -0.4 is 10.0 Å². The van der Waals surface area contributed by atoms with E-state index in [2.05, 4.69) is 31.0 Å². The van der Waals surface area contributed by atoms with Crippen LogP contribution in [0.1, 0.15) is 26.7 Å². The Morgan fingerprint density at radius 3 is 2.72 bits per heavy atom. The molecule has 0 saturated heterocycles. The van der Waals surface area contributed by atoms with E-state index in [0.717, 1.165) is 12.8 Å². The summed E-state index contributed by atoms with van der Waals surface area (Å²) in [6.45, 7) is 4.96. The molecule has 0 saturated carbocycles. The Balaban J connectivity index is 3.01. The van der Waals surface area contributed by atoms with E-state index in [1.807, 2.05) is 13.8 Å². The summed E-state index contributed by atoms with van der Waals surface area (Å²) in [6.07, 6.45) is 3.33. The van der Waals surface area contributed by atoms with Crippen molar-refractivity contribution in [2.45, 2.75) is 31.6 Å². The Hall–Kier alpha value is -0.660. The molecule has 7 heteroatoms. The number of nitrogens with one attached hydrogen (secondary N) is 2. The quantitative estimate of drug-likeness (QED) is 0.750. The fourth-order valence-electron chi connectivity index (χ4n) is 1.39. The molecule has 1 rings (SSSR count). The predicted octanol–water partition coefficient (Wildman–Crippen LogP) is 2.35. The van der Waals surface area contributed by atoms with E-state index in [9.17, 15) is 8.42 Å². The molecule has 0 fully saturated rings. The average molecular weight is 336 g/mol. The Labute approximate surface area is 117 Å². The minimum Gasteiger partial charge on any atom is -0.369 e. The van der Waals surface area contributed by atoms with E-state index in [1.165, 1.54) is 0 Å². The molecule has 2 N–H and O–H groups in total. The van der Waals surface area contributed by atoms with Gasteiger partial charge >= 0.3 is 0 Å². The molecule has 0 aliphatic rings. The van der Waals surface area contributed by atoms with Crippen molar-refractivity contribution < 1.29 is 8.42 Å². The maximum Gasteiger partial charge on any atom is 0.244 e. The molecule has 0 amide bonds. The van der Waals surface area contributed by atoms with Crippen LogP contribution in [0, 0.1) is 0 Å². The zero-order chi connectivity index (χ0) is 13.6. The van der Waals surface area contributed by atoms with E-state index in [1.54, 1.807) is 12.3 Å². The first-order valence-corrected chi connectivity index (χ1v) is 8.18. The molecule has 0 aromatic carbocycles. The maximum absolute atomic E-state index is 12.1. The number of halogens is 1. The van der Waals surface area contributed by atoms with Crippen molar-refractivity contribution in [2.24, 2.45) is 0 Å². The first-order chi connectivity index (χ1) is 8.51. The van der Waals surface area contributed by atoms with Gasteiger partial charge in [0.15, 0.2) is 0 Å². The van der Waals surface area contributed by atoms with Crippen LogP contribution in [0.4, 0.5) is 5.82 Å². The number of unbranched alkanes of at least 4 members (excludes halogenated alkanes) is 1. The second kappa shape index (κ2) is 7.06. The summed E-state index contributed by atoms with van der Waals surface area (Å²) < 4.78 is 27.5. The van der Waals surface area contributed by atoms with E-state index in [-0.39, 0.29) is 4.90 Å². The minimum atomic E-state index is -3.51. The molecule has 0 radical (unpaired) electrons. The number of nitrogens with zero attached hydrogens (tertiary/aromatic N) is 1. The van der Waals surface area contributed by atoms with Crippen LogP contribution in [0.5, 0.6) is 0 Å². The predicted molar refractivity (Wildman–Crippen MR) is 76.2 cm³/mol. The molecule has 0 aliphatic carbocycles. The second-order valence-electron chi connectivity index (χ2n) is 3.78. The van der Waals surface area contributed by atoms with Gasteiger partial charge in [0.1, 0.15) is 10.7 Å². The van der Waals surface area contributed by atoms with Crippen molar-refractivity contribution in [1.29, 1.82) is 0 Å². The molecule has 1 heterocycles. The lowest BCUT2D eigenvalue weighted by molar-refractivity contribution is 0.578. The van der Waals surface area contributed by atoms with Crippen molar-refractivity contribution in [1.82, 2.24) is 9.71 Å². The van der Waals surface area contributed by atoms with Gasteiger partial charge in [-0.25, -0.2) is 18.1 Å². The van der Waals surface area contributed by atoms with Gasteiger partial charge in [-0.15, -0.1) is 0 Å². The van der Waals surface area contributed by atoms with Gasteiger partial charge in [0.25, 0.3) is 0 Å². The zero-order valence-electron chi connectivity index (χ0n) is 10.5. The van der Waals surface area contributed by atoms with Crippen LogP contribution in [0.25, 0.3) is 0 Å². The Morgan fingerprint density at radius 1 is 1.39 bits per heavy atom. The Bertz CT molecular complexity index is 491. The van der Waals surface area contributed by atoms with Crippen LogP contribution in [0.15, 0.2) is 21.6 Å². The van der Waals surface area contributed by atoms with Crippen molar-refractivity contribution in [2.75, 3.05) is 18.4 Å². The molecule has 18 heavy (non-hydrogen) atoms. The summed E-state index contributed by atoms with van der Waals surface area (Å²) >= 11 is 3.24. The van der Waals surface area contributed by atoms with Crippen LogP contribution >= 0.6 is 15.9 Å². The van der Waals surface area contributed by atoms with Gasteiger partial charge in [-0.05, 0) is 35.3 Å². The highest BCUT2D eigenvalue weighted by atomic mass is 79.9. The summed E-state index contributed by atoms with van der Waals surface area (Å²) in [7, 11) is -3.51. The van der Waals surface area contributed by atoms with Crippen molar-refractivity contribution in [3.05, 3.63) is 16.7 Å². The number of pyridine rings is 1. The van der Waals surface area contributed by atoms with Gasteiger partial charge in [-0.2, -0.15) is 0 Å². The van der Waals surface area contributed by atoms with Gasteiger partial charge < -0.3 is 5.32 Å². The molecule has 5 nitrogen and oxygen atoms in total. The van der Waals surface area contributed by atoms with Crippen LogP contribution in [-0.2, 0) is 10.0 Å². The third-order valence-electron chi connectivity index (χ3n) is 2.28. The third-order valence-corrected chi connectivity index (χ3v) is 4.18. The van der Waals surface area contributed by atoms with Gasteiger partial charge in [0.2, 0.25) is 10.0 Å². The molecule has 0 aliphatic heterocycles. The lowest BCUT2D eigenvalue weighted by Gasteiger charge is -2.11. The number of hydrogen-bond donors (Lipinski definition) is 2. The number of aromatic nitrogens is 1.